The van der Waals surface area contributed by atoms with E-state index in [0.29, 0.717) is 0 Å². The van der Waals surface area contributed by atoms with Gasteiger partial charge in [0.15, 0.2) is 0 Å². The first-order valence-electron chi connectivity index (χ1n) is 5.30. The maximum atomic E-state index is 5.92. The van der Waals surface area contributed by atoms with Crippen LogP contribution in [0.4, 0.5) is 0 Å². The molecule has 2 atom stereocenters. The first-order chi connectivity index (χ1) is 6.69. The summed E-state index contributed by atoms with van der Waals surface area (Å²) in [5.41, 5.74) is 14.2. The van der Waals surface area contributed by atoms with Crippen LogP contribution in [0.2, 0.25) is 0 Å². The van der Waals surface area contributed by atoms with Gasteiger partial charge in [-0.25, -0.2) is 0 Å². The summed E-state index contributed by atoms with van der Waals surface area (Å²) in [6, 6.07) is 8.64. The standard InChI is InChI=1S/C12H20N2/c1-3-11(13)9-5-7-10(8-6-9)12(14)4-2/h5-8,11-12H,3-4,13-14H2,1-2H3. The molecular weight excluding hydrogens is 172 g/mol. The monoisotopic (exact) mass is 192 g/mol. The molecule has 2 heteroatoms. The molecule has 1 aromatic rings. The van der Waals surface area contributed by atoms with Crippen molar-refractivity contribution < 1.29 is 0 Å². The second-order valence-corrected chi connectivity index (χ2v) is 3.70. The zero-order chi connectivity index (χ0) is 10.6. The van der Waals surface area contributed by atoms with Crippen molar-refractivity contribution in [2.24, 2.45) is 11.5 Å². The van der Waals surface area contributed by atoms with E-state index >= 15 is 0 Å². The van der Waals surface area contributed by atoms with Crippen LogP contribution in [0.5, 0.6) is 0 Å². The summed E-state index contributed by atoms with van der Waals surface area (Å²) in [6.45, 7) is 4.19. The Labute approximate surface area is 86.3 Å². The highest BCUT2D eigenvalue weighted by Gasteiger charge is 2.05. The van der Waals surface area contributed by atoms with Crippen LogP contribution in [0, 0.1) is 0 Å². The van der Waals surface area contributed by atoms with Gasteiger partial charge in [-0.15, -0.1) is 0 Å². The lowest BCUT2D eigenvalue weighted by atomic mass is 10.00. The minimum atomic E-state index is 0.155. The second-order valence-electron chi connectivity index (χ2n) is 3.70. The van der Waals surface area contributed by atoms with Gasteiger partial charge in [0.2, 0.25) is 0 Å². The molecule has 0 aromatic heterocycles. The molecule has 2 nitrogen and oxygen atoms in total. The lowest BCUT2D eigenvalue weighted by molar-refractivity contribution is 0.685. The highest BCUT2D eigenvalue weighted by molar-refractivity contribution is 5.26. The summed E-state index contributed by atoms with van der Waals surface area (Å²) in [5, 5.41) is 0. The van der Waals surface area contributed by atoms with Crippen LogP contribution >= 0.6 is 0 Å². The maximum absolute atomic E-state index is 5.92. The fourth-order valence-corrected chi connectivity index (χ4v) is 1.46. The van der Waals surface area contributed by atoms with Crippen molar-refractivity contribution in [3.05, 3.63) is 35.4 Å². The van der Waals surface area contributed by atoms with Gasteiger partial charge in [0.25, 0.3) is 0 Å². The van der Waals surface area contributed by atoms with E-state index in [1.54, 1.807) is 0 Å². The highest BCUT2D eigenvalue weighted by atomic mass is 14.6. The molecule has 14 heavy (non-hydrogen) atoms. The Morgan fingerprint density at radius 2 is 1.14 bits per heavy atom. The van der Waals surface area contributed by atoms with Gasteiger partial charge in [-0.3, -0.25) is 0 Å². The van der Waals surface area contributed by atoms with Crippen LogP contribution in [0.25, 0.3) is 0 Å². The molecule has 0 saturated heterocycles. The molecule has 2 unspecified atom stereocenters. The molecule has 0 aliphatic heterocycles. The van der Waals surface area contributed by atoms with Crippen molar-refractivity contribution in [1.29, 1.82) is 0 Å². The molecule has 0 fully saturated rings. The Bertz CT molecular complexity index is 237. The topological polar surface area (TPSA) is 52.0 Å². The molecule has 0 saturated carbocycles. The third-order valence-corrected chi connectivity index (χ3v) is 2.67. The largest absolute Gasteiger partial charge is 0.324 e. The van der Waals surface area contributed by atoms with Gasteiger partial charge in [-0.2, -0.15) is 0 Å². The third-order valence-electron chi connectivity index (χ3n) is 2.67. The third kappa shape index (κ3) is 2.56. The van der Waals surface area contributed by atoms with E-state index in [4.69, 9.17) is 11.5 Å². The van der Waals surface area contributed by atoms with Crippen molar-refractivity contribution in [2.75, 3.05) is 0 Å². The number of benzene rings is 1. The SMILES string of the molecule is CCC(N)c1ccc(C(N)CC)cc1. The van der Waals surface area contributed by atoms with E-state index in [0.717, 1.165) is 12.8 Å². The van der Waals surface area contributed by atoms with Gasteiger partial charge < -0.3 is 11.5 Å². The molecule has 78 valence electrons. The summed E-state index contributed by atoms with van der Waals surface area (Å²) in [5.74, 6) is 0. The molecule has 1 rings (SSSR count). The maximum Gasteiger partial charge on any atom is 0.0292 e. The van der Waals surface area contributed by atoms with Crippen LogP contribution < -0.4 is 11.5 Å². The van der Waals surface area contributed by atoms with Crippen LogP contribution in [-0.4, -0.2) is 0 Å². The highest BCUT2D eigenvalue weighted by Crippen LogP contribution is 2.18. The number of nitrogens with two attached hydrogens (primary N) is 2. The van der Waals surface area contributed by atoms with E-state index in [1.165, 1.54) is 11.1 Å². The predicted octanol–water partition coefficient (Wildman–Crippen LogP) is 2.51. The zero-order valence-corrected chi connectivity index (χ0v) is 9.03. The Kier molecular flexibility index (Phi) is 4.11. The van der Waals surface area contributed by atoms with Crippen molar-refractivity contribution in [2.45, 2.75) is 38.8 Å². The van der Waals surface area contributed by atoms with E-state index < -0.39 is 0 Å². The lowest BCUT2D eigenvalue weighted by Crippen LogP contribution is -2.11. The van der Waals surface area contributed by atoms with E-state index in [9.17, 15) is 0 Å². The van der Waals surface area contributed by atoms with E-state index in [1.807, 2.05) is 0 Å². The smallest absolute Gasteiger partial charge is 0.0292 e. The van der Waals surface area contributed by atoms with Crippen molar-refractivity contribution in [3.63, 3.8) is 0 Å². The van der Waals surface area contributed by atoms with Crippen molar-refractivity contribution in [3.8, 4) is 0 Å². The number of rotatable bonds is 4. The first kappa shape index (κ1) is 11.2. The summed E-state index contributed by atoms with van der Waals surface area (Å²) >= 11 is 0. The molecule has 0 heterocycles. The number of hydrogen-bond acceptors (Lipinski definition) is 2. The van der Waals surface area contributed by atoms with Gasteiger partial charge in [0, 0.05) is 12.1 Å². The van der Waals surface area contributed by atoms with Crippen molar-refractivity contribution in [1.82, 2.24) is 0 Å². The zero-order valence-electron chi connectivity index (χ0n) is 9.03. The van der Waals surface area contributed by atoms with Crippen LogP contribution in [-0.2, 0) is 0 Å². The Morgan fingerprint density at radius 1 is 0.857 bits per heavy atom. The second kappa shape index (κ2) is 5.13. The summed E-state index contributed by atoms with van der Waals surface area (Å²) in [6.07, 6.45) is 1.94. The molecule has 1 aromatic carbocycles. The lowest BCUT2D eigenvalue weighted by Gasteiger charge is -2.12. The quantitative estimate of drug-likeness (QED) is 0.770. The van der Waals surface area contributed by atoms with Gasteiger partial charge >= 0.3 is 0 Å². The molecule has 0 spiro atoms. The summed E-state index contributed by atoms with van der Waals surface area (Å²) in [7, 11) is 0. The molecule has 0 aliphatic carbocycles. The fraction of sp³-hybridized carbons (Fsp3) is 0.500. The van der Waals surface area contributed by atoms with Crippen molar-refractivity contribution >= 4 is 0 Å². The average molecular weight is 192 g/mol. The molecular formula is C12H20N2. The normalized spacial score (nSPS) is 15.1. The minimum Gasteiger partial charge on any atom is -0.324 e. The first-order valence-corrected chi connectivity index (χ1v) is 5.30. The average Bonchev–Trinajstić information content (AvgIpc) is 2.27. The number of hydrogen-bond donors (Lipinski definition) is 2. The molecule has 4 N–H and O–H groups in total. The van der Waals surface area contributed by atoms with Crippen LogP contribution in [0.15, 0.2) is 24.3 Å². The van der Waals surface area contributed by atoms with Crippen LogP contribution in [0.3, 0.4) is 0 Å². The van der Waals surface area contributed by atoms with Crippen LogP contribution in [0.1, 0.15) is 49.9 Å². The van der Waals surface area contributed by atoms with Gasteiger partial charge in [0.1, 0.15) is 0 Å². The Morgan fingerprint density at radius 3 is 1.36 bits per heavy atom. The summed E-state index contributed by atoms with van der Waals surface area (Å²) in [4.78, 5) is 0. The van der Waals surface area contributed by atoms with E-state index in [2.05, 4.69) is 38.1 Å². The summed E-state index contributed by atoms with van der Waals surface area (Å²) < 4.78 is 0. The van der Waals surface area contributed by atoms with Gasteiger partial charge in [-0.05, 0) is 24.0 Å². The molecule has 0 aliphatic rings. The van der Waals surface area contributed by atoms with E-state index in [-0.39, 0.29) is 12.1 Å². The molecule has 0 radical (unpaired) electrons. The predicted molar refractivity (Wildman–Crippen MR) is 60.9 cm³/mol. The Hall–Kier alpha value is -0.860. The molecule has 0 amide bonds. The molecule has 0 bridgehead atoms. The minimum absolute atomic E-state index is 0.155. The van der Waals surface area contributed by atoms with Gasteiger partial charge in [0.05, 0.1) is 0 Å². The fourth-order valence-electron chi connectivity index (χ4n) is 1.46. The Balaban J connectivity index is 2.78. The van der Waals surface area contributed by atoms with Gasteiger partial charge in [-0.1, -0.05) is 38.1 Å².